The van der Waals surface area contributed by atoms with E-state index < -0.39 is 7.12 Å². The summed E-state index contributed by atoms with van der Waals surface area (Å²) in [6.45, 7) is 8.03. The zero-order valence-corrected chi connectivity index (χ0v) is 12.7. The molecule has 2 heterocycles. The molecule has 0 aromatic carbocycles. The third-order valence-electron chi connectivity index (χ3n) is 3.98. The summed E-state index contributed by atoms with van der Waals surface area (Å²) in [6, 6.07) is 1.91. The average Bonchev–Trinajstić information content (AvgIpc) is 2.59. The normalized spacial score (nSPS) is 19.9. The van der Waals surface area contributed by atoms with E-state index in [0.29, 0.717) is 6.42 Å². The number of hydrogen-bond donors (Lipinski definition) is 1. The summed E-state index contributed by atoms with van der Waals surface area (Å²) in [4.78, 5) is 15.6. The molecular weight excluding hydrogens is 255 g/mol. The largest absolute Gasteiger partial charge is 0.496 e. The van der Waals surface area contributed by atoms with Gasteiger partial charge in [0.15, 0.2) is 0 Å². The molecule has 1 aromatic rings. The van der Waals surface area contributed by atoms with E-state index in [-0.39, 0.29) is 17.1 Å². The smallest absolute Gasteiger partial charge is 0.399 e. The van der Waals surface area contributed by atoms with Crippen LogP contribution in [0.5, 0.6) is 0 Å². The van der Waals surface area contributed by atoms with Gasteiger partial charge in [-0.1, -0.05) is 6.07 Å². The van der Waals surface area contributed by atoms with Gasteiger partial charge < -0.3 is 14.6 Å². The van der Waals surface area contributed by atoms with Gasteiger partial charge in [0.25, 0.3) is 0 Å². The second-order valence-corrected chi connectivity index (χ2v) is 6.06. The molecule has 20 heavy (non-hydrogen) atoms. The van der Waals surface area contributed by atoms with Gasteiger partial charge in [0.1, 0.15) is 0 Å². The van der Waals surface area contributed by atoms with Crippen LogP contribution in [-0.4, -0.2) is 36.3 Å². The fourth-order valence-electron chi connectivity index (χ4n) is 1.99. The van der Waals surface area contributed by atoms with Crippen LogP contribution in [0.2, 0.25) is 0 Å². The Morgan fingerprint density at radius 3 is 2.40 bits per heavy atom. The zero-order valence-electron chi connectivity index (χ0n) is 12.7. The Hall–Kier alpha value is -1.40. The van der Waals surface area contributed by atoms with Crippen LogP contribution < -0.4 is 10.8 Å². The van der Waals surface area contributed by atoms with Crippen molar-refractivity contribution in [1.82, 2.24) is 10.3 Å². The Kier molecular flexibility index (Phi) is 3.89. The topological polar surface area (TPSA) is 60.5 Å². The summed E-state index contributed by atoms with van der Waals surface area (Å²) in [5.41, 5.74) is 0.921. The van der Waals surface area contributed by atoms with E-state index in [1.165, 1.54) is 0 Å². The Balaban J connectivity index is 2.19. The summed E-state index contributed by atoms with van der Waals surface area (Å²) in [7, 11) is 1.17. The van der Waals surface area contributed by atoms with E-state index in [2.05, 4.69) is 10.3 Å². The zero-order chi connectivity index (χ0) is 15.0. The minimum absolute atomic E-state index is 0.0436. The number of nitrogens with one attached hydrogen (secondary N) is 1. The van der Waals surface area contributed by atoms with Crippen LogP contribution in [0.1, 0.15) is 33.3 Å². The van der Waals surface area contributed by atoms with Crippen LogP contribution in [-0.2, 0) is 20.5 Å². The molecule has 0 saturated carbocycles. The maximum Gasteiger partial charge on any atom is 0.496 e. The number of pyridine rings is 1. The van der Waals surface area contributed by atoms with Gasteiger partial charge in [-0.2, -0.15) is 0 Å². The van der Waals surface area contributed by atoms with Gasteiger partial charge in [0.2, 0.25) is 5.91 Å². The van der Waals surface area contributed by atoms with Crippen LogP contribution >= 0.6 is 0 Å². The number of hydrogen-bond acceptors (Lipinski definition) is 4. The van der Waals surface area contributed by atoms with E-state index >= 15 is 0 Å². The summed E-state index contributed by atoms with van der Waals surface area (Å²) in [6.07, 6.45) is 3.70. The Morgan fingerprint density at radius 2 is 1.85 bits per heavy atom. The minimum Gasteiger partial charge on any atom is -0.399 e. The maximum atomic E-state index is 11.4. The molecule has 2 rings (SSSR count). The van der Waals surface area contributed by atoms with Crippen LogP contribution in [0.15, 0.2) is 18.5 Å². The molecule has 0 atom stereocenters. The fraction of sp³-hybridized carbons (Fsp3) is 0.571. The van der Waals surface area contributed by atoms with Crippen molar-refractivity contribution >= 4 is 18.5 Å². The van der Waals surface area contributed by atoms with Gasteiger partial charge in [-0.3, -0.25) is 9.78 Å². The Labute approximate surface area is 120 Å². The molecule has 1 aliphatic heterocycles. The number of nitrogens with zero attached hydrogens (tertiary/aromatic N) is 1. The standard InChI is InChI=1S/C14H21BN2O3/c1-13(2)14(3,4)20-15(19-13)11-6-10(8-17-9-11)7-12(18)16-5/h6,8-9H,7H2,1-5H3,(H,16,18). The molecule has 5 nitrogen and oxygen atoms in total. The van der Waals surface area contributed by atoms with Gasteiger partial charge in [-0.15, -0.1) is 0 Å². The van der Waals surface area contributed by atoms with Crippen molar-refractivity contribution in [2.24, 2.45) is 0 Å². The van der Waals surface area contributed by atoms with Gasteiger partial charge >= 0.3 is 7.12 Å². The van der Waals surface area contributed by atoms with Crippen LogP contribution in [0.4, 0.5) is 0 Å². The molecule has 0 unspecified atom stereocenters. The van der Waals surface area contributed by atoms with E-state index in [1.54, 1.807) is 19.4 Å². The predicted octanol–water partition coefficient (Wildman–Crippen LogP) is 0.669. The first kappa shape index (κ1) is 15.0. The summed E-state index contributed by atoms with van der Waals surface area (Å²) in [5, 5.41) is 2.60. The first-order valence-electron chi connectivity index (χ1n) is 6.75. The first-order chi connectivity index (χ1) is 9.25. The van der Waals surface area contributed by atoms with E-state index in [1.807, 2.05) is 33.8 Å². The average molecular weight is 276 g/mol. The molecule has 1 saturated heterocycles. The highest BCUT2D eigenvalue weighted by Gasteiger charge is 2.51. The number of rotatable bonds is 3. The summed E-state index contributed by atoms with van der Waals surface area (Å²) >= 11 is 0. The van der Waals surface area contributed by atoms with Crippen molar-refractivity contribution in [3.05, 3.63) is 24.0 Å². The molecule has 1 fully saturated rings. The van der Waals surface area contributed by atoms with Crippen molar-refractivity contribution < 1.29 is 14.1 Å². The van der Waals surface area contributed by atoms with Crippen LogP contribution in [0, 0.1) is 0 Å². The van der Waals surface area contributed by atoms with Gasteiger partial charge in [-0.05, 0) is 33.3 Å². The highest BCUT2D eigenvalue weighted by Crippen LogP contribution is 2.36. The van der Waals surface area contributed by atoms with Crippen LogP contribution in [0.25, 0.3) is 0 Å². The van der Waals surface area contributed by atoms with Gasteiger partial charge in [-0.25, -0.2) is 0 Å². The molecule has 0 bridgehead atoms. The predicted molar refractivity (Wildman–Crippen MR) is 77.7 cm³/mol. The van der Waals surface area contributed by atoms with Crippen molar-refractivity contribution in [3.63, 3.8) is 0 Å². The van der Waals surface area contributed by atoms with Crippen molar-refractivity contribution in [1.29, 1.82) is 0 Å². The Bertz CT molecular complexity index is 501. The molecule has 0 aliphatic carbocycles. The number of aromatic nitrogens is 1. The maximum absolute atomic E-state index is 11.4. The number of carbonyl (C=O) groups excluding carboxylic acids is 1. The lowest BCUT2D eigenvalue weighted by atomic mass is 9.79. The Morgan fingerprint density at radius 1 is 1.25 bits per heavy atom. The van der Waals surface area contributed by atoms with Crippen LogP contribution in [0.3, 0.4) is 0 Å². The van der Waals surface area contributed by atoms with E-state index in [0.717, 1.165) is 11.0 Å². The lowest BCUT2D eigenvalue weighted by Crippen LogP contribution is -2.41. The highest BCUT2D eigenvalue weighted by atomic mass is 16.7. The van der Waals surface area contributed by atoms with Crippen molar-refractivity contribution in [2.45, 2.75) is 45.3 Å². The molecular formula is C14H21BN2O3. The number of likely N-dealkylation sites (N-methyl/N-ethyl adjacent to an activating group) is 1. The third kappa shape index (κ3) is 2.86. The lowest BCUT2D eigenvalue weighted by Gasteiger charge is -2.32. The first-order valence-corrected chi connectivity index (χ1v) is 6.75. The summed E-state index contributed by atoms with van der Waals surface area (Å²) in [5.74, 6) is -0.0436. The molecule has 108 valence electrons. The molecule has 1 aliphatic rings. The highest BCUT2D eigenvalue weighted by molar-refractivity contribution is 6.62. The third-order valence-corrected chi connectivity index (χ3v) is 3.98. The van der Waals surface area contributed by atoms with Gasteiger partial charge in [0.05, 0.1) is 17.6 Å². The van der Waals surface area contributed by atoms with E-state index in [4.69, 9.17) is 9.31 Å². The fourth-order valence-corrected chi connectivity index (χ4v) is 1.99. The SMILES string of the molecule is CNC(=O)Cc1cncc(B2OC(C)(C)C(C)(C)O2)c1. The lowest BCUT2D eigenvalue weighted by molar-refractivity contribution is -0.119. The minimum atomic E-state index is -0.447. The van der Waals surface area contributed by atoms with Crippen molar-refractivity contribution in [2.75, 3.05) is 7.05 Å². The molecule has 0 radical (unpaired) electrons. The second kappa shape index (κ2) is 5.18. The molecule has 6 heteroatoms. The molecule has 1 N–H and O–H groups in total. The van der Waals surface area contributed by atoms with E-state index in [9.17, 15) is 4.79 Å². The van der Waals surface area contributed by atoms with Gasteiger partial charge in [0, 0.05) is 24.9 Å². The molecule has 1 amide bonds. The molecule has 1 aromatic heterocycles. The summed E-state index contributed by atoms with van der Waals surface area (Å²) < 4.78 is 11.9. The number of carbonyl (C=O) groups is 1. The monoisotopic (exact) mass is 276 g/mol. The van der Waals surface area contributed by atoms with Crippen molar-refractivity contribution in [3.8, 4) is 0 Å². The number of amides is 1. The second-order valence-electron chi connectivity index (χ2n) is 6.06. The molecule has 0 spiro atoms. The quantitative estimate of drug-likeness (QED) is 0.824.